The second kappa shape index (κ2) is 12.1. The Kier molecular flexibility index (Phi) is 9.42. The average Bonchev–Trinajstić information content (AvgIpc) is 2.73. The van der Waals surface area contributed by atoms with E-state index in [1.165, 1.54) is 5.56 Å². The standard InChI is InChI=1S/C25H33NO3/c1-4-5-12-19(2)29-25(28)23(18-17-21-13-8-6-9-14-21)20(3)26-24(27)22-15-10-7-11-16-22/h6-11,13-16,19-20,23H,4-5,12,17-18H2,1-3H3,(H,26,27). The van der Waals surface area contributed by atoms with Crippen molar-refractivity contribution in [1.29, 1.82) is 0 Å². The maximum atomic E-state index is 12.9. The van der Waals surface area contributed by atoms with E-state index in [2.05, 4.69) is 24.4 Å². The number of unbranched alkanes of at least 4 members (excludes halogenated alkanes) is 1. The fourth-order valence-corrected chi connectivity index (χ4v) is 3.36. The molecule has 0 aliphatic carbocycles. The van der Waals surface area contributed by atoms with E-state index >= 15 is 0 Å². The van der Waals surface area contributed by atoms with Crippen LogP contribution in [0.3, 0.4) is 0 Å². The van der Waals surface area contributed by atoms with Crippen LogP contribution >= 0.6 is 0 Å². The number of hydrogen-bond donors (Lipinski definition) is 1. The van der Waals surface area contributed by atoms with Crippen LogP contribution in [0.15, 0.2) is 60.7 Å². The Bertz CT molecular complexity index is 745. The number of hydrogen-bond acceptors (Lipinski definition) is 3. The highest BCUT2D eigenvalue weighted by Crippen LogP contribution is 2.18. The summed E-state index contributed by atoms with van der Waals surface area (Å²) in [6.45, 7) is 5.95. The number of aryl methyl sites for hydroxylation is 1. The van der Waals surface area contributed by atoms with Gasteiger partial charge >= 0.3 is 5.97 Å². The quantitative estimate of drug-likeness (QED) is 0.534. The van der Waals surface area contributed by atoms with Crippen LogP contribution in [0.2, 0.25) is 0 Å². The van der Waals surface area contributed by atoms with Crippen molar-refractivity contribution in [2.45, 2.75) is 65.0 Å². The molecule has 0 fully saturated rings. The van der Waals surface area contributed by atoms with E-state index in [1.54, 1.807) is 12.1 Å². The third kappa shape index (κ3) is 7.72. The normalized spacial score (nSPS) is 13.9. The Morgan fingerprint density at radius 2 is 1.55 bits per heavy atom. The Balaban J connectivity index is 2.05. The largest absolute Gasteiger partial charge is 0.462 e. The van der Waals surface area contributed by atoms with Crippen LogP contribution in [-0.2, 0) is 16.0 Å². The van der Waals surface area contributed by atoms with Gasteiger partial charge in [-0.25, -0.2) is 0 Å². The molecule has 2 aromatic carbocycles. The molecule has 0 aromatic heterocycles. The smallest absolute Gasteiger partial charge is 0.311 e. The lowest BCUT2D eigenvalue weighted by molar-refractivity contribution is -0.154. The molecule has 1 N–H and O–H groups in total. The molecule has 3 unspecified atom stereocenters. The molecule has 0 saturated carbocycles. The molecule has 0 aliphatic rings. The summed E-state index contributed by atoms with van der Waals surface area (Å²) in [7, 11) is 0. The van der Waals surface area contributed by atoms with E-state index in [4.69, 9.17) is 4.74 Å². The molecule has 0 saturated heterocycles. The molecule has 4 heteroatoms. The highest BCUT2D eigenvalue weighted by atomic mass is 16.5. The number of amides is 1. The molecule has 1 amide bonds. The molecule has 0 radical (unpaired) electrons. The number of carbonyl (C=O) groups is 2. The first-order chi connectivity index (χ1) is 14.0. The minimum Gasteiger partial charge on any atom is -0.462 e. The van der Waals surface area contributed by atoms with Gasteiger partial charge in [0.15, 0.2) is 0 Å². The molecule has 0 bridgehead atoms. The molecule has 2 aromatic rings. The summed E-state index contributed by atoms with van der Waals surface area (Å²) in [5.41, 5.74) is 1.76. The molecule has 2 rings (SSSR count). The summed E-state index contributed by atoms with van der Waals surface area (Å²) in [6, 6.07) is 18.8. The Hall–Kier alpha value is -2.62. The Labute approximate surface area is 174 Å². The maximum absolute atomic E-state index is 12.9. The van der Waals surface area contributed by atoms with Gasteiger partial charge in [0.2, 0.25) is 0 Å². The van der Waals surface area contributed by atoms with Crippen molar-refractivity contribution in [2.75, 3.05) is 0 Å². The van der Waals surface area contributed by atoms with E-state index in [0.717, 1.165) is 25.7 Å². The second-order valence-electron chi connectivity index (χ2n) is 7.65. The minimum atomic E-state index is -0.396. The van der Waals surface area contributed by atoms with Gasteiger partial charge in [0, 0.05) is 11.6 Å². The van der Waals surface area contributed by atoms with Crippen LogP contribution in [0.5, 0.6) is 0 Å². The molecule has 4 nitrogen and oxygen atoms in total. The van der Waals surface area contributed by atoms with Crippen molar-refractivity contribution in [1.82, 2.24) is 5.32 Å². The van der Waals surface area contributed by atoms with Gasteiger partial charge in [-0.05, 0) is 50.8 Å². The third-order valence-electron chi connectivity index (χ3n) is 5.17. The number of esters is 1. The number of carbonyl (C=O) groups excluding carboxylic acids is 2. The van der Waals surface area contributed by atoms with Crippen LogP contribution in [-0.4, -0.2) is 24.0 Å². The van der Waals surface area contributed by atoms with Gasteiger partial charge < -0.3 is 10.1 Å². The lowest BCUT2D eigenvalue weighted by Crippen LogP contribution is -2.42. The van der Waals surface area contributed by atoms with Gasteiger partial charge in [-0.3, -0.25) is 9.59 Å². The van der Waals surface area contributed by atoms with Crippen molar-refractivity contribution in [3.63, 3.8) is 0 Å². The van der Waals surface area contributed by atoms with E-state index in [-0.39, 0.29) is 24.0 Å². The zero-order chi connectivity index (χ0) is 21.1. The molecular formula is C25H33NO3. The van der Waals surface area contributed by atoms with E-state index < -0.39 is 5.92 Å². The fraction of sp³-hybridized carbons (Fsp3) is 0.440. The summed E-state index contributed by atoms with van der Waals surface area (Å²) < 4.78 is 5.72. The first-order valence-electron chi connectivity index (χ1n) is 10.6. The lowest BCUT2D eigenvalue weighted by atomic mass is 9.93. The van der Waals surface area contributed by atoms with Gasteiger partial charge in [-0.1, -0.05) is 68.3 Å². The highest BCUT2D eigenvalue weighted by Gasteiger charge is 2.29. The van der Waals surface area contributed by atoms with Crippen LogP contribution in [0, 0.1) is 5.92 Å². The number of nitrogens with one attached hydrogen (secondary N) is 1. The monoisotopic (exact) mass is 395 g/mol. The number of rotatable bonds is 11. The lowest BCUT2D eigenvalue weighted by Gasteiger charge is -2.25. The van der Waals surface area contributed by atoms with Crippen molar-refractivity contribution in [3.8, 4) is 0 Å². The van der Waals surface area contributed by atoms with E-state index in [1.807, 2.05) is 50.2 Å². The van der Waals surface area contributed by atoms with Crippen LogP contribution in [0.25, 0.3) is 0 Å². The zero-order valence-electron chi connectivity index (χ0n) is 17.8. The molecular weight excluding hydrogens is 362 g/mol. The predicted molar refractivity (Wildman–Crippen MR) is 117 cm³/mol. The molecule has 156 valence electrons. The van der Waals surface area contributed by atoms with Gasteiger partial charge in [0.25, 0.3) is 5.91 Å². The fourth-order valence-electron chi connectivity index (χ4n) is 3.36. The molecule has 0 spiro atoms. The van der Waals surface area contributed by atoms with Crippen LogP contribution < -0.4 is 5.32 Å². The second-order valence-corrected chi connectivity index (χ2v) is 7.65. The van der Waals surface area contributed by atoms with Crippen molar-refractivity contribution >= 4 is 11.9 Å². The number of ether oxygens (including phenoxy) is 1. The Morgan fingerprint density at radius 3 is 2.17 bits per heavy atom. The van der Waals surface area contributed by atoms with E-state index in [9.17, 15) is 9.59 Å². The summed E-state index contributed by atoms with van der Waals surface area (Å²) in [4.78, 5) is 25.5. The zero-order valence-corrected chi connectivity index (χ0v) is 17.8. The van der Waals surface area contributed by atoms with E-state index in [0.29, 0.717) is 12.0 Å². The molecule has 0 aliphatic heterocycles. The van der Waals surface area contributed by atoms with Gasteiger partial charge in [-0.15, -0.1) is 0 Å². The summed E-state index contributed by atoms with van der Waals surface area (Å²) in [5, 5.41) is 2.99. The molecule has 29 heavy (non-hydrogen) atoms. The van der Waals surface area contributed by atoms with Crippen molar-refractivity contribution in [3.05, 3.63) is 71.8 Å². The SMILES string of the molecule is CCCCC(C)OC(=O)C(CCc1ccccc1)C(C)NC(=O)c1ccccc1. The number of benzene rings is 2. The highest BCUT2D eigenvalue weighted by molar-refractivity contribution is 5.94. The molecule has 3 atom stereocenters. The third-order valence-corrected chi connectivity index (χ3v) is 5.17. The summed E-state index contributed by atoms with van der Waals surface area (Å²) in [6.07, 6.45) is 4.23. The molecule has 0 heterocycles. The van der Waals surface area contributed by atoms with Crippen LogP contribution in [0.4, 0.5) is 0 Å². The summed E-state index contributed by atoms with van der Waals surface area (Å²) in [5.74, 6) is -0.799. The minimum absolute atomic E-state index is 0.112. The van der Waals surface area contributed by atoms with Gasteiger partial charge in [0.1, 0.15) is 0 Å². The van der Waals surface area contributed by atoms with Gasteiger partial charge in [-0.2, -0.15) is 0 Å². The van der Waals surface area contributed by atoms with Crippen LogP contribution in [0.1, 0.15) is 62.4 Å². The van der Waals surface area contributed by atoms with Crippen molar-refractivity contribution < 1.29 is 14.3 Å². The maximum Gasteiger partial charge on any atom is 0.311 e. The predicted octanol–water partition coefficient (Wildman–Crippen LogP) is 5.18. The topological polar surface area (TPSA) is 55.4 Å². The first-order valence-corrected chi connectivity index (χ1v) is 10.6. The Morgan fingerprint density at radius 1 is 0.931 bits per heavy atom. The average molecular weight is 396 g/mol. The van der Waals surface area contributed by atoms with Crippen molar-refractivity contribution in [2.24, 2.45) is 5.92 Å². The first kappa shape index (κ1) is 22.7. The van der Waals surface area contributed by atoms with Gasteiger partial charge in [0.05, 0.1) is 12.0 Å². The summed E-state index contributed by atoms with van der Waals surface area (Å²) >= 11 is 0.